The summed E-state index contributed by atoms with van der Waals surface area (Å²) in [6.45, 7) is 1.10. The second kappa shape index (κ2) is 9.22. The summed E-state index contributed by atoms with van der Waals surface area (Å²) < 4.78 is 19.9. The van der Waals surface area contributed by atoms with Crippen molar-refractivity contribution in [2.24, 2.45) is 0 Å². The van der Waals surface area contributed by atoms with Crippen LogP contribution in [0, 0.1) is 5.82 Å². The topological polar surface area (TPSA) is 86.8 Å². The Kier molecular flexibility index (Phi) is 6.48. The lowest BCUT2D eigenvalue weighted by Gasteiger charge is -2.34. The third kappa shape index (κ3) is 5.81. The van der Waals surface area contributed by atoms with Crippen molar-refractivity contribution in [3.8, 4) is 5.75 Å². The number of piperidine rings is 1. The van der Waals surface area contributed by atoms with E-state index in [1.807, 2.05) is 0 Å². The van der Waals surface area contributed by atoms with Gasteiger partial charge in [0.1, 0.15) is 17.7 Å². The summed E-state index contributed by atoms with van der Waals surface area (Å²) in [6, 6.07) is 6.81. The molecule has 29 heavy (non-hydrogen) atoms. The van der Waals surface area contributed by atoms with Gasteiger partial charge in [-0.25, -0.2) is 14.0 Å². The fourth-order valence-electron chi connectivity index (χ4n) is 3.12. The molecule has 1 fully saturated rings. The van der Waals surface area contributed by atoms with Crippen molar-refractivity contribution < 1.29 is 18.7 Å². The van der Waals surface area contributed by atoms with E-state index in [1.54, 1.807) is 43.4 Å². The maximum Gasteiger partial charge on any atom is 0.323 e. The molecular formula is C20H24FN5O3. The molecule has 1 atom stereocenters. The van der Waals surface area contributed by atoms with E-state index < -0.39 is 11.8 Å². The molecule has 1 saturated heterocycles. The quantitative estimate of drug-likeness (QED) is 0.822. The average molecular weight is 401 g/mol. The van der Waals surface area contributed by atoms with Crippen LogP contribution in [0.2, 0.25) is 0 Å². The van der Waals surface area contributed by atoms with E-state index in [4.69, 9.17) is 4.74 Å². The zero-order valence-electron chi connectivity index (χ0n) is 16.4. The first-order valence-electron chi connectivity index (χ1n) is 9.32. The molecule has 1 aromatic carbocycles. The van der Waals surface area contributed by atoms with Crippen LogP contribution < -0.4 is 15.4 Å². The van der Waals surface area contributed by atoms with E-state index in [9.17, 15) is 14.0 Å². The fourth-order valence-corrected chi connectivity index (χ4v) is 3.12. The van der Waals surface area contributed by atoms with E-state index in [1.165, 1.54) is 23.2 Å². The lowest BCUT2D eigenvalue weighted by Crippen LogP contribution is -2.48. The third-order valence-corrected chi connectivity index (χ3v) is 4.38. The number of aromatic nitrogens is 1. The van der Waals surface area contributed by atoms with Gasteiger partial charge in [0.25, 0.3) is 0 Å². The largest absolute Gasteiger partial charge is 0.488 e. The van der Waals surface area contributed by atoms with Gasteiger partial charge in [-0.05, 0) is 31.0 Å². The maximum absolute atomic E-state index is 14.0. The number of carbonyl (C=O) groups is 2. The number of halogens is 1. The van der Waals surface area contributed by atoms with Crippen LogP contribution in [-0.4, -0.2) is 60.1 Å². The second-order valence-corrected chi connectivity index (χ2v) is 7.00. The zero-order chi connectivity index (χ0) is 20.8. The Bertz CT molecular complexity index is 862. The first kappa shape index (κ1) is 20.4. The monoisotopic (exact) mass is 401 g/mol. The molecular weight excluding hydrogens is 377 g/mol. The highest BCUT2D eigenvalue weighted by molar-refractivity contribution is 5.99. The molecule has 3 rings (SSSR count). The SMILES string of the molecule is CN(C)C(=O)N1CCCC(Oc2cc(F)cc(NC(=O)Nc3cccnc3)c2)C1. The molecule has 2 heterocycles. The van der Waals surface area contributed by atoms with Crippen LogP contribution in [0.4, 0.5) is 25.4 Å². The van der Waals surface area contributed by atoms with Crippen molar-refractivity contribution in [1.29, 1.82) is 0 Å². The molecule has 1 unspecified atom stereocenters. The minimum Gasteiger partial charge on any atom is -0.488 e. The summed E-state index contributed by atoms with van der Waals surface area (Å²) in [5, 5.41) is 5.20. The first-order valence-corrected chi connectivity index (χ1v) is 9.32. The molecule has 4 amide bonds. The average Bonchev–Trinajstić information content (AvgIpc) is 2.67. The van der Waals surface area contributed by atoms with Gasteiger partial charge in [-0.15, -0.1) is 0 Å². The number of rotatable bonds is 4. The molecule has 154 valence electrons. The molecule has 1 aliphatic rings. The number of likely N-dealkylation sites (tertiary alicyclic amines) is 1. The van der Waals surface area contributed by atoms with Gasteiger partial charge in [0, 0.05) is 44.7 Å². The Morgan fingerprint density at radius 3 is 2.76 bits per heavy atom. The van der Waals surface area contributed by atoms with Gasteiger partial charge in [0.2, 0.25) is 0 Å². The summed E-state index contributed by atoms with van der Waals surface area (Å²) in [4.78, 5) is 31.4. The van der Waals surface area contributed by atoms with Crippen molar-refractivity contribution in [2.75, 3.05) is 37.8 Å². The fraction of sp³-hybridized carbons (Fsp3) is 0.350. The predicted octanol–water partition coefficient (Wildman–Crippen LogP) is 3.39. The van der Waals surface area contributed by atoms with Crippen molar-refractivity contribution in [3.05, 3.63) is 48.5 Å². The number of pyridine rings is 1. The number of carbonyl (C=O) groups excluding carboxylic acids is 2. The van der Waals surface area contributed by atoms with E-state index in [2.05, 4.69) is 15.6 Å². The van der Waals surface area contributed by atoms with Crippen molar-refractivity contribution >= 4 is 23.4 Å². The lowest BCUT2D eigenvalue weighted by molar-refractivity contribution is 0.0912. The standard InChI is InChI=1S/C20H24FN5O3/c1-25(2)20(28)26-8-4-6-17(13-26)29-18-10-14(21)9-16(11-18)24-19(27)23-15-5-3-7-22-12-15/h3,5,7,9-12,17H,4,6,8,13H2,1-2H3,(H2,23,24,27). The van der Waals surface area contributed by atoms with Gasteiger partial charge < -0.3 is 25.2 Å². The normalized spacial score (nSPS) is 16.1. The molecule has 2 N–H and O–H groups in total. The maximum atomic E-state index is 14.0. The van der Waals surface area contributed by atoms with E-state index >= 15 is 0 Å². The molecule has 1 aliphatic heterocycles. The van der Waals surface area contributed by atoms with Gasteiger partial charge in [-0.3, -0.25) is 4.98 Å². The molecule has 0 aliphatic carbocycles. The lowest BCUT2D eigenvalue weighted by atomic mass is 10.1. The predicted molar refractivity (Wildman–Crippen MR) is 108 cm³/mol. The Morgan fingerprint density at radius 2 is 2.03 bits per heavy atom. The number of hydrogen-bond donors (Lipinski definition) is 2. The summed E-state index contributed by atoms with van der Waals surface area (Å²) >= 11 is 0. The van der Waals surface area contributed by atoms with Crippen LogP contribution in [0.5, 0.6) is 5.75 Å². The zero-order valence-corrected chi connectivity index (χ0v) is 16.4. The Morgan fingerprint density at radius 1 is 1.24 bits per heavy atom. The van der Waals surface area contributed by atoms with E-state index in [-0.39, 0.29) is 17.8 Å². The van der Waals surface area contributed by atoms with Crippen LogP contribution in [0.3, 0.4) is 0 Å². The highest BCUT2D eigenvalue weighted by Crippen LogP contribution is 2.24. The van der Waals surface area contributed by atoms with Gasteiger partial charge in [0.15, 0.2) is 0 Å². The number of anilines is 2. The molecule has 0 saturated carbocycles. The molecule has 2 aromatic rings. The number of ether oxygens (including phenoxy) is 1. The Hall–Kier alpha value is -3.36. The molecule has 0 bridgehead atoms. The second-order valence-electron chi connectivity index (χ2n) is 7.00. The van der Waals surface area contributed by atoms with Crippen LogP contribution in [-0.2, 0) is 0 Å². The first-order chi connectivity index (χ1) is 13.9. The van der Waals surface area contributed by atoms with Gasteiger partial charge in [-0.1, -0.05) is 0 Å². The van der Waals surface area contributed by atoms with E-state index in [0.29, 0.717) is 24.5 Å². The number of hydrogen-bond acceptors (Lipinski definition) is 4. The Balaban J connectivity index is 1.63. The van der Waals surface area contributed by atoms with Gasteiger partial charge >= 0.3 is 12.1 Å². The highest BCUT2D eigenvalue weighted by atomic mass is 19.1. The van der Waals surface area contributed by atoms with Crippen LogP contribution in [0.25, 0.3) is 0 Å². The molecule has 0 radical (unpaired) electrons. The van der Waals surface area contributed by atoms with Crippen molar-refractivity contribution in [1.82, 2.24) is 14.8 Å². The van der Waals surface area contributed by atoms with Gasteiger partial charge in [-0.2, -0.15) is 0 Å². The highest BCUT2D eigenvalue weighted by Gasteiger charge is 2.26. The Labute approximate surface area is 168 Å². The summed E-state index contributed by atoms with van der Waals surface area (Å²) in [7, 11) is 3.40. The van der Waals surface area contributed by atoms with Crippen LogP contribution >= 0.6 is 0 Å². The number of benzene rings is 1. The van der Waals surface area contributed by atoms with Crippen LogP contribution in [0.1, 0.15) is 12.8 Å². The minimum absolute atomic E-state index is 0.0769. The molecule has 1 aromatic heterocycles. The summed E-state index contributed by atoms with van der Waals surface area (Å²) in [6.07, 6.45) is 4.42. The number of urea groups is 2. The van der Waals surface area contributed by atoms with Crippen molar-refractivity contribution in [2.45, 2.75) is 18.9 Å². The number of nitrogens with one attached hydrogen (secondary N) is 2. The molecule has 8 nitrogen and oxygen atoms in total. The van der Waals surface area contributed by atoms with Crippen LogP contribution in [0.15, 0.2) is 42.7 Å². The number of nitrogens with zero attached hydrogens (tertiary/aromatic N) is 3. The number of amides is 4. The van der Waals surface area contributed by atoms with E-state index in [0.717, 1.165) is 12.8 Å². The van der Waals surface area contributed by atoms with Crippen molar-refractivity contribution in [3.63, 3.8) is 0 Å². The molecule has 0 spiro atoms. The third-order valence-electron chi connectivity index (χ3n) is 4.38. The minimum atomic E-state index is -0.531. The summed E-state index contributed by atoms with van der Waals surface area (Å²) in [5.41, 5.74) is 0.782. The summed E-state index contributed by atoms with van der Waals surface area (Å²) in [5.74, 6) is -0.234. The smallest absolute Gasteiger partial charge is 0.323 e. The molecule has 9 heteroatoms. The van der Waals surface area contributed by atoms with Gasteiger partial charge in [0.05, 0.1) is 18.4 Å².